The molecule has 2 fully saturated rings. The zero-order valence-electron chi connectivity index (χ0n) is 9.74. The minimum atomic E-state index is -1.43. The van der Waals surface area contributed by atoms with Gasteiger partial charge in [0.15, 0.2) is 12.5 Å². The van der Waals surface area contributed by atoms with Crippen LogP contribution in [0.3, 0.4) is 0 Å². The fraction of sp³-hybridized carbons (Fsp3) is 0.538. The first-order valence-corrected chi connectivity index (χ1v) is 6.01. The van der Waals surface area contributed by atoms with E-state index in [0.717, 1.165) is 5.56 Å². The number of aliphatic hydroxyl groups is 1. The molecular weight excluding hydrogens is 239 g/mol. The summed E-state index contributed by atoms with van der Waals surface area (Å²) in [5.41, 5.74) is 0.836. The van der Waals surface area contributed by atoms with Gasteiger partial charge >= 0.3 is 0 Å². The van der Waals surface area contributed by atoms with E-state index in [9.17, 15) is 9.50 Å². The molecule has 4 nitrogen and oxygen atoms in total. The maximum absolute atomic E-state index is 13.9. The quantitative estimate of drug-likeness (QED) is 0.818. The van der Waals surface area contributed by atoms with Gasteiger partial charge in [0.25, 0.3) is 0 Å². The van der Waals surface area contributed by atoms with Crippen molar-refractivity contribution in [2.75, 3.05) is 13.2 Å². The van der Waals surface area contributed by atoms with Crippen LogP contribution in [0.15, 0.2) is 30.3 Å². The van der Waals surface area contributed by atoms with E-state index in [1.807, 2.05) is 30.3 Å². The molecule has 1 unspecified atom stereocenters. The Bertz CT molecular complexity index is 397. The van der Waals surface area contributed by atoms with Crippen molar-refractivity contribution in [1.82, 2.24) is 0 Å². The van der Waals surface area contributed by atoms with Gasteiger partial charge in [0.2, 0.25) is 0 Å². The maximum Gasteiger partial charge on any atom is 0.184 e. The highest BCUT2D eigenvalue weighted by molar-refractivity contribution is 5.16. The van der Waals surface area contributed by atoms with Crippen molar-refractivity contribution in [3.63, 3.8) is 0 Å². The fourth-order valence-electron chi connectivity index (χ4n) is 2.29. The third kappa shape index (κ3) is 2.14. The van der Waals surface area contributed by atoms with Crippen LogP contribution in [0.1, 0.15) is 11.9 Å². The Morgan fingerprint density at radius 3 is 2.67 bits per heavy atom. The molecular formula is C13H15FO4. The van der Waals surface area contributed by atoms with E-state index in [1.54, 1.807) is 0 Å². The lowest BCUT2D eigenvalue weighted by Gasteiger charge is -2.42. The number of hydrogen-bond donors (Lipinski definition) is 1. The second-order valence-electron chi connectivity index (χ2n) is 4.56. The van der Waals surface area contributed by atoms with Crippen LogP contribution in [0, 0.1) is 0 Å². The van der Waals surface area contributed by atoms with Gasteiger partial charge in [0, 0.05) is 5.56 Å². The smallest absolute Gasteiger partial charge is 0.184 e. The van der Waals surface area contributed by atoms with Gasteiger partial charge in [-0.1, -0.05) is 30.3 Å². The van der Waals surface area contributed by atoms with Gasteiger partial charge in [-0.15, -0.1) is 0 Å². The molecule has 5 heteroatoms. The first-order chi connectivity index (χ1) is 8.75. The summed E-state index contributed by atoms with van der Waals surface area (Å²) in [7, 11) is 0. The lowest BCUT2D eigenvalue weighted by Crippen LogP contribution is -2.56. The van der Waals surface area contributed by atoms with Gasteiger partial charge in [-0.3, -0.25) is 0 Å². The first kappa shape index (κ1) is 12.0. The van der Waals surface area contributed by atoms with Crippen molar-refractivity contribution < 1.29 is 23.7 Å². The summed E-state index contributed by atoms with van der Waals surface area (Å²) >= 11 is 0. The normalized spacial score (nSPS) is 40.2. The van der Waals surface area contributed by atoms with Gasteiger partial charge in [-0.2, -0.15) is 0 Å². The summed E-state index contributed by atoms with van der Waals surface area (Å²) in [5, 5.41) is 9.45. The average molecular weight is 254 g/mol. The van der Waals surface area contributed by atoms with Crippen LogP contribution >= 0.6 is 0 Å². The molecule has 0 radical (unpaired) electrons. The molecule has 1 aromatic carbocycles. The monoisotopic (exact) mass is 254 g/mol. The standard InChI is InChI=1S/C13H15FO4/c14-11-9(15)6-16-10-7-17-13(18-12(10)11)8-4-2-1-3-5-8/h1-5,9-13,15H,6-7H2/t9-,10+,11+,12?,13+/m0/s1. The minimum absolute atomic E-state index is 0.00887. The SMILES string of the molecule is O[C@H]1CO[C@@H]2CO[C@@H](c3ccccc3)OC2[C@@H]1F. The number of ether oxygens (including phenoxy) is 3. The van der Waals surface area contributed by atoms with Crippen LogP contribution in [-0.2, 0) is 14.2 Å². The predicted molar refractivity (Wildman–Crippen MR) is 60.7 cm³/mol. The Morgan fingerprint density at radius 2 is 1.89 bits per heavy atom. The summed E-state index contributed by atoms with van der Waals surface area (Å²) in [4.78, 5) is 0. The summed E-state index contributed by atoms with van der Waals surface area (Å²) in [6.07, 6.45) is -4.37. The lowest BCUT2D eigenvalue weighted by atomic mass is 10.0. The van der Waals surface area contributed by atoms with Crippen molar-refractivity contribution in [2.45, 2.75) is 30.8 Å². The Balaban J connectivity index is 1.75. The van der Waals surface area contributed by atoms with Crippen LogP contribution < -0.4 is 0 Å². The molecule has 0 aliphatic carbocycles. The summed E-state index contributed by atoms with van der Waals surface area (Å²) < 4.78 is 30.3. The van der Waals surface area contributed by atoms with E-state index in [4.69, 9.17) is 14.2 Å². The number of halogens is 1. The topological polar surface area (TPSA) is 47.9 Å². The summed E-state index contributed by atoms with van der Waals surface area (Å²) in [6.45, 7) is 0.266. The van der Waals surface area contributed by atoms with Crippen LogP contribution in [0.2, 0.25) is 0 Å². The number of hydrogen-bond acceptors (Lipinski definition) is 4. The molecule has 2 saturated heterocycles. The van der Waals surface area contributed by atoms with Crippen LogP contribution in [0.25, 0.3) is 0 Å². The second kappa shape index (κ2) is 4.93. The number of aliphatic hydroxyl groups excluding tert-OH is 1. The molecule has 0 saturated carbocycles. The number of alkyl halides is 1. The fourth-order valence-corrected chi connectivity index (χ4v) is 2.29. The first-order valence-electron chi connectivity index (χ1n) is 6.01. The summed E-state index contributed by atoms with van der Waals surface area (Å²) in [5.74, 6) is 0. The molecule has 0 spiro atoms. The zero-order chi connectivity index (χ0) is 12.5. The van der Waals surface area contributed by atoms with Crippen molar-refractivity contribution in [1.29, 1.82) is 0 Å². The van der Waals surface area contributed by atoms with E-state index in [-0.39, 0.29) is 13.2 Å². The molecule has 1 aromatic rings. The highest BCUT2D eigenvalue weighted by Crippen LogP contribution is 2.33. The highest BCUT2D eigenvalue weighted by Gasteiger charge is 2.45. The minimum Gasteiger partial charge on any atom is -0.388 e. The third-order valence-electron chi connectivity index (χ3n) is 3.29. The van der Waals surface area contributed by atoms with Crippen LogP contribution in [0.4, 0.5) is 4.39 Å². The zero-order valence-corrected chi connectivity index (χ0v) is 9.74. The Labute approximate surface area is 104 Å². The lowest BCUT2D eigenvalue weighted by molar-refractivity contribution is -0.305. The van der Waals surface area contributed by atoms with Gasteiger partial charge < -0.3 is 19.3 Å². The maximum atomic E-state index is 13.9. The molecule has 0 aromatic heterocycles. The van der Waals surface area contributed by atoms with Gasteiger partial charge in [0.05, 0.1) is 13.2 Å². The molecule has 2 aliphatic rings. The van der Waals surface area contributed by atoms with Crippen molar-refractivity contribution in [3.05, 3.63) is 35.9 Å². The van der Waals surface area contributed by atoms with Gasteiger partial charge in [-0.25, -0.2) is 4.39 Å². The number of benzene rings is 1. The second-order valence-corrected chi connectivity index (χ2v) is 4.56. The van der Waals surface area contributed by atoms with Crippen LogP contribution in [-0.4, -0.2) is 42.8 Å². The molecule has 98 valence electrons. The highest BCUT2D eigenvalue weighted by atomic mass is 19.1. The third-order valence-corrected chi connectivity index (χ3v) is 3.29. The van der Waals surface area contributed by atoms with E-state index in [1.165, 1.54) is 0 Å². The molecule has 0 amide bonds. The molecule has 1 N–H and O–H groups in total. The van der Waals surface area contributed by atoms with E-state index in [2.05, 4.69) is 0 Å². The molecule has 0 bridgehead atoms. The predicted octanol–water partition coefficient (Wildman–Crippen LogP) is 1.20. The molecule has 5 atom stereocenters. The van der Waals surface area contributed by atoms with Crippen molar-refractivity contribution in [3.8, 4) is 0 Å². The largest absolute Gasteiger partial charge is 0.388 e. The number of rotatable bonds is 1. The summed E-state index contributed by atoms with van der Waals surface area (Å²) in [6, 6.07) is 9.35. The molecule has 3 rings (SSSR count). The molecule has 2 aliphatic heterocycles. The molecule has 2 heterocycles. The Morgan fingerprint density at radius 1 is 1.11 bits per heavy atom. The van der Waals surface area contributed by atoms with E-state index < -0.39 is 30.8 Å². The number of fused-ring (bicyclic) bond motifs is 1. The Kier molecular flexibility index (Phi) is 3.30. The van der Waals surface area contributed by atoms with E-state index in [0.29, 0.717) is 0 Å². The Hall–Kier alpha value is -1.01. The van der Waals surface area contributed by atoms with Crippen molar-refractivity contribution in [2.24, 2.45) is 0 Å². The van der Waals surface area contributed by atoms with Gasteiger partial charge in [0.1, 0.15) is 18.3 Å². The average Bonchev–Trinajstić information content (AvgIpc) is 2.44. The van der Waals surface area contributed by atoms with Gasteiger partial charge in [-0.05, 0) is 0 Å². The van der Waals surface area contributed by atoms with E-state index >= 15 is 0 Å². The molecule has 18 heavy (non-hydrogen) atoms. The van der Waals surface area contributed by atoms with Crippen molar-refractivity contribution >= 4 is 0 Å². The van der Waals surface area contributed by atoms with Crippen LogP contribution in [0.5, 0.6) is 0 Å².